The van der Waals surface area contributed by atoms with Crippen molar-refractivity contribution in [2.45, 2.75) is 49.2 Å². The van der Waals surface area contributed by atoms with Crippen molar-refractivity contribution >= 4 is 0 Å². The Hall–Kier alpha value is -0.360. The molecule has 0 aliphatic carbocycles. The maximum atomic E-state index is 9.68. The smallest absolute Gasteiger partial charge is 0.186 e. The molecule has 0 aromatic carbocycles. The van der Waals surface area contributed by atoms with Crippen molar-refractivity contribution in [3.05, 3.63) is 0 Å². The van der Waals surface area contributed by atoms with Gasteiger partial charge in [-0.05, 0) is 0 Å². The topological polar surface area (TPSA) is 149 Å². The van der Waals surface area contributed by atoms with Crippen LogP contribution in [0.25, 0.3) is 0 Å². The van der Waals surface area contributed by atoms with Gasteiger partial charge in [-0.25, -0.2) is 0 Å². The van der Waals surface area contributed by atoms with Crippen molar-refractivity contribution in [2.75, 3.05) is 13.2 Å². The standard InChI is InChI=1S/C10H18O9/c11-3-1-18-10(8(15)5(3)12)19-4-2-17-9(16)7(14)6(4)13/h3-16H,1-2H2/t3-,4-,5+,6+,7-,8-,9?,10+/m1/s1. The van der Waals surface area contributed by atoms with Gasteiger partial charge in [-0.15, -0.1) is 0 Å². The second kappa shape index (κ2) is 5.95. The molecule has 9 nitrogen and oxygen atoms in total. The Morgan fingerprint density at radius 3 is 2.11 bits per heavy atom. The fraction of sp³-hybridized carbons (Fsp3) is 1.00. The Morgan fingerprint density at radius 2 is 1.42 bits per heavy atom. The van der Waals surface area contributed by atoms with E-state index in [2.05, 4.69) is 0 Å². The lowest BCUT2D eigenvalue weighted by Crippen LogP contribution is -2.59. The summed E-state index contributed by atoms with van der Waals surface area (Å²) in [6.45, 7) is -0.456. The van der Waals surface area contributed by atoms with E-state index >= 15 is 0 Å². The van der Waals surface area contributed by atoms with Crippen LogP contribution in [0.1, 0.15) is 0 Å². The van der Waals surface area contributed by atoms with Gasteiger partial charge in [0.1, 0.15) is 36.6 Å². The van der Waals surface area contributed by atoms with Crippen LogP contribution < -0.4 is 0 Å². The normalized spacial score (nSPS) is 52.1. The highest BCUT2D eigenvalue weighted by molar-refractivity contribution is 4.87. The SMILES string of the molecule is OC1OC[C@@H](O[C@@H]2OC[C@@H](O)[C@H](O)[C@H]2O)[C@H](O)[C@H]1O. The number of aliphatic hydroxyl groups excluding tert-OH is 6. The van der Waals surface area contributed by atoms with Crippen LogP contribution in [0.5, 0.6) is 0 Å². The van der Waals surface area contributed by atoms with Crippen LogP contribution in [0.4, 0.5) is 0 Å². The van der Waals surface area contributed by atoms with E-state index in [1.807, 2.05) is 0 Å². The number of hydrogen-bond acceptors (Lipinski definition) is 9. The first-order valence-corrected chi connectivity index (χ1v) is 5.89. The molecule has 112 valence electrons. The Labute approximate surface area is 108 Å². The molecule has 8 atom stereocenters. The zero-order chi connectivity index (χ0) is 14.2. The molecule has 2 fully saturated rings. The lowest BCUT2D eigenvalue weighted by Gasteiger charge is -2.40. The molecular weight excluding hydrogens is 264 g/mol. The van der Waals surface area contributed by atoms with E-state index < -0.39 is 49.2 Å². The van der Waals surface area contributed by atoms with Gasteiger partial charge in [-0.3, -0.25) is 0 Å². The van der Waals surface area contributed by atoms with Crippen LogP contribution in [-0.2, 0) is 14.2 Å². The third-order valence-corrected chi connectivity index (χ3v) is 3.22. The highest BCUT2D eigenvalue weighted by atomic mass is 16.7. The number of ether oxygens (including phenoxy) is 3. The Balaban J connectivity index is 1.94. The minimum absolute atomic E-state index is 0.218. The largest absolute Gasteiger partial charge is 0.388 e. The van der Waals surface area contributed by atoms with Crippen molar-refractivity contribution in [1.82, 2.24) is 0 Å². The minimum atomic E-state index is -1.55. The first-order chi connectivity index (χ1) is 8.91. The molecule has 0 saturated carbocycles. The van der Waals surface area contributed by atoms with Crippen LogP contribution in [0.15, 0.2) is 0 Å². The molecule has 2 aliphatic rings. The molecule has 2 heterocycles. The third kappa shape index (κ3) is 3.05. The molecule has 0 aromatic rings. The predicted molar refractivity (Wildman–Crippen MR) is 56.6 cm³/mol. The van der Waals surface area contributed by atoms with Gasteiger partial charge in [-0.2, -0.15) is 0 Å². The number of rotatable bonds is 2. The lowest BCUT2D eigenvalue weighted by atomic mass is 10.0. The van der Waals surface area contributed by atoms with Gasteiger partial charge in [-0.1, -0.05) is 0 Å². The van der Waals surface area contributed by atoms with Gasteiger partial charge in [0.15, 0.2) is 12.6 Å². The van der Waals surface area contributed by atoms with Crippen molar-refractivity contribution in [1.29, 1.82) is 0 Å². The quantitative estimate of drug-likeness (QED) is 0.297. The van der Waals surface area contributed by atoms with Crippen molar-refractivity contribution in [2.24, 2.45) is 0 Å². The lowest BCUT2D eigenvalue weighted by molar-refractivity contribution is -0.323. The zero-order valence-electron chi connectivity index (χ0n) is 9.94. The van der Waals surface area contributed by atoms with E-state index in [4.69, 9.17) is 19.3 Å². The Kier molecular flexibility index (Phi) is 4.71. The molecule has 0 spiro atoms. The average molecular weight is 282 g/mol. The molecule has 9 heteroatoms. The molecule has 6 N–H and O–H groups in total. The molecule has 2 saturated heterocycles. The number of hydrogen-bond donors (Lipinski definition) is 6. The van der Waals surface area contributed by atoms with Crippen molar-refractivity contribution < 1.29 is 44.8 Å². The molecule has 0 amide bonds. The summed E-state index contributed by atoms with van der Waals surface area (Å²) in [5.74, 6) is 0. The van der Waals surface area contributed by atoms with E-state index in [9.17, 15) is 25.5 Å². The molecule has 0 aromatic heterocycles. The molecule has 2 rings (SSSR count). The fourth-order valence-electron chi connectivity index (χ4n) is 1.97. The highest BCUT2D eigenvalue weighted by Crippen LogP contribution is 2.22. The first kappa shape index (κ1) is 15.0. The molecule has 0 radical (unpaired) electrons. The fourth-order valence-corrected chi connectivity index (χ4v) is 1.97. The second-order valence-corrected chi connectivity index (χ2v) is 4.63. The summed E-state index contributed by atoms with van der Waals surface area (Å²) in [5.41, 5.74) is 0. The third-order valence-electron chi connectivity index (χ3n) is 3.22. The summed E-state index contributed by atoms with van der Waals surface area (Å²) < 4.78 is 15.0. The molecule has 0 bridgehead atoms. The first-order valence-electron chi connectivity index (χ1n) is 5.89. The summed E-state index contributed by atoms with van der Waals surface area (Å²) in [6, 6.07) is 0. The molecule has 1 unspecified atom stereocenters. The van der Waals surface area contributed by atoms with E-state index in [0.29, 0.717) is 0 Å². The van der Waals surface area contributed by atoms with Crippen LogP contribution in [0.2, 0.25) is 0 Å². The van der Waals surface area contributed by atoms with E-state index in [-0.39, 0.29) is 13.2 Å². The highest BCUT2D eigenvalue weighted by Gasteiger charge is 2.44. The second-order valence-electron chi connectivity index (χ2n) is 4.63. The summed E-state index contributed by atoms with van der Waals surface area (Å²) in [7, 11) is 0. The van der Waals surface area contributed by atoms with Gasteiger partial charge >= 0.3 is 0 Å². The van der Waals surface area contributed by atoms with Crippen LogP contribution in [0.3, 0.4) is 0 Å². The van der Waals surface area contributed by atoms with Crippen LogP contribution in [0, 0.1) is 0 Å². The summed E-state index contributed by atoms with van der Waals surface area (Å²) in [4.78, 5) is 0. The van der Waals surface area contributed by atoms with Crippen molar-refractivity contribution in [3.8, 4) is 0 Å². The van der Waals surface area contributed by atoms with E-state index in [1.165, 1.54) is 0 Å². The van der Waals surface area contributed by atoms with Gasteiger partial charge in [0.05, 0.1) is 13.2 Å². The van der Waals surface area contributed by atoms with E-state index in [1.54, 1.807) is 0 Å². The maximum Gasteiger partial charge on any atom is 0.186 e. The van der Waals surface area contributed by atoms with Gasteiger partial charge < -0.3 is 44.8 Å². The average Bonchev–Trinajstić information content (AvgIpc) is 2.39. The molecule has 2 aliphatic heterocycles. The monoisotopic (exact) mass is 282 g/mol. The Bertz CT molecular complexity index is 273. The Morgan fingerprint density at radius 1 is 0.737 bits per heavy atom. The van der Waals surface area contributed by atoms with Gasteiger partial charge in [0, 0.05) is 0 Å². The van der Waals surface area contributed by atoms with Gasteiger partial charge in [0.25, 0.3) is 0 Å². The summed E-state index contributed by atoms with van der Waals surface area (Å²) >= 11 is 0. The number of aliphatic hydroxyl groups is 6. The summed E-state index contributed by atoms with van der Waals surface area (Å²) in [5, 5.41) is 56.6. The van der Waals surface area contributed by atoms with Crippen LogP contribution in [-0.4, -0.2) is 93.1 Å². The summed E-state index contributed by atoms with van der Waals surface area (Å²) in [6.07, 6.45) is -11.0. The maximum absolute atomic E-state index is 9.68. The minimum Gasteiger partial charge on any atom is -0.388 e. The molecule has 19 heavy (non-hydrogen) atoms. The predicted octanol–water partition coefficient (Wildman–Crippen LogP) is -4.12. The van der Waals surface area contributed by atoms with Gasteiger partial charge in [0.2, 0.25) is 0 Å². The van der Waals surface area contributed by atoms with Crippen molar-refractivity contribution in [3.63, 3.8) is 0 Å². The zero-order valence-corrected chi connectivity index (χ0v) is 9.94. The molecular formula is C10H18O9. The van der Waals surface area contributed by atoms with E-state index in [0.717, 1.165) is 0 Å². The van der Waals surface area contributed by atoms with Crippen LogP contribution >= 0.6 is 0 Å².